The minimum absolute atomic E-state index is 0.130. The Labute approximate surface area is 216 Å². The van der Waals surface area contributed by atoms with E-state index >= 15 is 0 Å². The minimum Gasteiger partial charge on any atom is -0.480 e. The van der Waals surface area contributed by atoms with Crippen molar-refractivity contribution >= 4 is 23.8 Å². The molecule has 0 saturated carbocycles. The van der Waals surface area contributed by atoms with Crippen molar-refractivity contribution in [2.45, 2.75) is 44.7 Å². The van der Waals surface area contributed by atoms with Gasteiger partial charge in [-0.15, -0.1) is 0 Å². The summed E-state index contributed by atoms with van der Waals surface area (Å²) in [5, 5.41) is 25.2. The molecule has 200 valence electrons. The second kappa shape index (κ2) is 10.4. The molecule has 4 bridgehead atoms. The Balaban J connectivity index is 1.26. The molecule has 10 nitrogen and oxygen atoms in total. The molecule has 7 rings (SSSR count). The first-order valence-corrected chi connectivity index (χ1v) is 13.3. The summed E-state index contributed by atoms with van der Waals surface area (Å²) in [6.45, 7) is 6.95. The van der Waals surface area contributed by atoms with Crippen molar-refractivity contribution in [3.63, 3.8) is 0 Å². The molecule has 6 heterocycles. The summed E-state index contributed by atoms with van der Waals surface area (Å²) in [4.78, 5) is 54.7. The number of hydrogen-bond donors (Lipinski definition) is 4. The van der Waals surface area contributed by atoms with E-state index in [1.807, 2.05) is 0 Å². The van der Waals surface area contributed by atoms with Crippen LogP contribution in [-0.4, -0.2) is 95.1 Å². The summed E-state index contributed by atoms with van der Waals surface area (Å²) >= 11 is 0. The monoisotopic (exact) mass is 512 g/mol. The van der Waals surface area contributed by atoms with Crippen LogP contribution in [0.25, 0.3) is 0 Å². The van der Waals surface area contributed by atoms with Gasteiger partial charge in [-0.25, -0.2) is 9.59 Å². The number of aliphatic carboxylic acids is 2. The molecule has 6 aliphatic heterocycles. The van der Waals surface area contributed by atoms with E-state index in [4.69, 9.17) is 0 Å². The fourth-order valence-electron chi connectivity index (χ4n) is 6.98. The predicted octanol–water partition coefficient (Wildman–Crippen LogP) is 1.04. The largest absolute Gasteiger partial charge is 0.480 e. The van der Waals surface area contributed by atoms with E-state index in [9.17, 15) is 29.4 Å². The lowest BCUT2D eigenvalue weighted by atomic mass is 9.75. The average molecular weight is 513 g/mol. The third-order valence-electron chi connectivity index (χ3n) is 9.11. The minimum atomic E-state index is -1.03. The summed E-state index contributed by atoms with van der Waals surface area (Å²) in [5.74, 6) is -2.73. The Kier molecular flexibility index (Phi) is 7.22. The molecular weight excluding hydrogens is 476 g/mol. The molecule has 0 spiro atoms. The smallest absolute Gasteiger partial charge is 0.326 e. The van der Waals surface area contributed by atoms with E-state index in [1.165, 1.54) is 12.1 Å². The van der Waals surface area contributed by atoms with Gasteiger partial charge in [0.05, 0.1) is 0 Å². The Morgan fingerprint density at radius 1 is 0.784 bits per heavy atom. The summed E-state index contributed by atoms with van der Waals surface area (Å²) < 4.78 is 0. The summed E-state index contributed by atoms with van der Waals surface area (Å²) in [6.07, 6.45) is 3.79. The zero-order valence-electron chi connectivity index (χ0n) is 21.2. The van der Waals surface area contributed by atoms with Crippen molar-refractivity contribution in [1.82, 2.24) is 20.4 Å². The maximum absolute atomic E-state index is 13.1. The lowest BCUT2D eigenvalue weighted by Crippen LogP contribution is -2.58. The number of carboxylic acid groups (broad SMARTS) is 2. The number of fused-ring (bicyclic) bond motifs is 6. The van der Waals surface area contributed by atoms with Crippen LogP contribution >= 0.6 is 0 Å². The maximum Gasteiger partial charge on any atom is 0.326 e. The standard InChI is InChI=1S/C27H36N4O6/c1-15-12-18(24(32)28-22(26(34)35)20-13-30-8-4-16(20)5-9-30)2-3-19(15)25(33)29-23(27(36)37)21-14-31-10-6-17(21)7-11-31/h2-3,12,16-17,20-23H,4-11,13-14H2,1H3,(H,28,32)(H,29,33)(H,34,35)(H,36,37)/t20-,21-,22?,23?/m0/s1. The Bertz CT molecular complexity index is 1080. The molecular formula is C27H36N4O6. The number of carboxylic acids is 2. The maximum atomic E-state index is 13.1. The molecule has 1 aromatic rings. The second-order valence-corrected chi connectivity index (χ2v) is 11.2. The van der Waals surface area contributed by atoms with Crippen molar-refractivity contribution in [3.8, 4) is 0 Å². The van der Waals surface area contributed by atoms with Gasteiger partial charge in [-0.1, -0.05) is 0 Å². The van der Waals surface area contributed by atoms with Gasteiger partial charge in [0, 0.05) is 36.1 Å². The normalized spacial score (nSPS) is 31.8. The quantitative estimate of drug-likeness (QED) is 0.405. The summed E-state index contributed by atoms with van der Waals surface area (Å²) in [7, 11) is 0. The van der Waals surface area contributed by atoms with Gasteiger partial charge in [0.15, 0.2) is 0 Å². The van der Waals surface area contributed by atoms with E-state index in [0.717, 1.165) is 51.9 Å². The number of benzene rings is 1. The summed E-state index contributed by atoms with van der Waals surface area (Å²) in [5.41, 5.74) is 1.10. The molecule has 4 N–H and O–H groups in total. The highest BCUT2D eigenvalue weighted by Crippen LogP contribution is 2.35. The molecule has 6 aliphatic rings. The predicted molar refractivity (Wildman–Crippen MR) is 134 cm³/mol. The molecule has 0 aliphatic carbocycles. The van der Waals surface area contributed by atoms with Crippen LogP contribution in [0, 0.1) is 30.6 Å². The zero-order valence-corrected chi connectivity index (χ0v) is 21.2. The molecule has 1 aromatic carbocycles. The first-order chi connectivity index (χ1) is 17.7. The van der Waals surface area contributed by atoms with Gasteiger partial charge in [-0.3, -0.25) is 9.59 Å². The molecule has 10 heteroatoms. The lowest BCUT2D eigenvalue weighted by Gasteiger charge is -2.46. The van der Waals surface area contributed by atoms with Crippen LogP contribution in [0.5, 0.6) is 0 Å². The number of hydrogen-bond acceptors (Lipinski definition) is 6. The van der Waals surface area contributed by atoms with Crippen molar-refractivity contribution in [1.29, 1.82) is 0 Å². The molecule has 2 unspecified atom stereocenters. The number of carbonyl (C=O) groups excluding carboxylic acids is 2. The average Bonchev–Trinajstić information content (AvgIpc) is 2.90. The molecule has 4 atom stereocenters. The SMILES string of the molecule is Cc1cc(C(=O)NC(C(=O)O)[C@H]2CN3CCC2CC3)ccc1C(=O)NC(C(=O)O)[C@H]1CN2CCC1CC2. The van der Waals surface area contributed by atoms with Gasteiger partial charge < -0.3 is 30.6 Å². The van der Waals surface area contributed by atoms with Gasteiger partial charge in [0.1, 0.15) is 12.1 Å². The van der Waals surface area contributed by atoms with Crippen molar-refractivity contribution < 1.29 is 29.4 Å². The highest BCUT2D eigenvalue weighted by Gasteiger charge is 2.43. The third-order valence-corrected chi connectivity index (χ3v) is 9.11. The second-order valence-electron chi connectivity index (χ2n) is 11.2. The van der Waals surface area contributed by atoms with Crippen LogP contribution in [0.1, 0.15) is 52.0 Å². The molecule has 37 heavy (non-hydrogen) atoms. The number of aryl methyl sites for hydroxylation is 1. The van der Waals surface area contributed by atoms with E-state index in [2.05, 4.69) is 20.4 Å². The van der Waals surface area contributed by atoms with Crippen LogP contribution in [0.4, 0.5) is 0 Å². The van der Waals surface area contributed by atoms with E-state index in [1.54, 1.807) is 13.0 Å². The first kappa shape index (κ1) is 25.7. The first-order valence-electron chi connectivity index (χ1n) is 13.3. The number of piperidine rings is 6. The molecule has 0 radical (unpaired) electrons. The van der Waals surface area contributed by atoms with Crippen molar-refractivity contribution in [2.24, 2.45) is 23.7 Å². The van der Waals surface area contributed by atoms with E-state index in [0.29, 0.717) is 24.2 Å². The van der Waals surface area contributed by atoms with Crippen LogP contribution in [0.3, 0.4) is 0 Å². The fraction of sp³-hybridized carbons (Fsp3) is 0.630. The van der Waals surface area contributed by atoms with Gasteiger partial charge in [0.2, 0.25) is 0 Å². The Hall–Kier alpha value is -2.98. The molecule has 6 fully saturated rings. The van der Waals surface area contributed by atoms with Crippen LogP contribution in [0.15, 0.2) is 18.2 Å². The summed E-state index contributed by atoms with van der Waals surface area (Å²) in [6, 6.07) is 2.63. The third kappa shape index (κ3) is 5.22. The number of rotatable bonds is 8. The highest BCUT2D eigenvalue weighted by molar-refractivity contribution is 6.01. The molecule has 6 saturated heterocycles. The van der Waals surface area contributed by atoms with Crippen molar-refractivity contribution in [3.05, 3.63) is 34.9 Å². The van der Waals surface area contributed by atoms with Gasteiger partial charge >= 0.3 is 11.9 Å². The number of amides is 2. The topological polar surface area (TPSA) is 139 Å². The van der Waals surface area contributed by atoms with Crippen LogP contribution in [-0.2, 0) is 9.59 Å². The lowest BCUT2D eigenvalue weighted by molar-refractivity contribution is -0.143. The van der Waals surface area contributed by atoms with Gasteiger partial charge in [-0.05, 0) is 94.4 Å². The molecule has 2 amide bonds. The number of nitrogens with one attached hydrogen (secondary N) is 2. The van der Waals surface area contributed by atoms with Crippen LogP contribution in [0.2, 0.25) is 0 Å². The Morgan fingerprint density at radius 3 is 1.62 bits per heavy atom. The van der Waals surface area contributed by atoms with Gasteiger partial charge in [-0.2, -0.15) is 0 Å². The number of carbonyl (C=O) groups is 4. The van der Waals surface area contributed by atoms with Gasteiger partial charge in [0.25, 0.3) is 11.8 Å². The number of nitrogens with zero attached hydrogens (tertiary/aromatic N) is 2. The zero-order chi connectivity index (χ0) is 26.3. The van der Waals surface area contributed by atoms with Crippen LogP contribution < -0.4 is 10.6 Å². The Morgan fingerprint density at radius 2 is 1.24 bits per heavy atom. The van der Waals surface area contributed by atoms with E-state index < -0.39 is 35.8 Å². The fourth-order valence-corrected chi connectivity index (χ4v) is 6.98. The van der Waals surface area contributed by atoms with E-state index in [-0.39, 0.29) is 29.2 Å². The van der Waals surface area contributed by atoms with Crippen molar-refractivity contribution in [2.75, 3.05) is 39.3 Å². The molecule has 0 aromatic heterocycles. The highest BCUT2D eigenvalue weighted by atomic mass is 16.4.